The molecule has 1 fully saturated rings. The van der Waals surface area contributed by atoms with Crippen LogP contribution >= 0.6 is 0 Å². The van der Waals surface area contributed by atoms with Gasteiger partial charge < -0.3 is 10.1 Å². The number of likely N-dealkylation sites (tertiary alicyclic amines) is 1. The van der Waals surface area contributed by atoms with E-state index in [9.17, 15) is 0 Å². The van der Waals surface area contributed by atoms with Crippen LogP contribution in [0.3, 0.4) is 0 Å². The summed E-state index contributed by atoms with van der Waals surface area (Å²) in [5, 5.41) is 3.58. The third kappa shape index (κ3) is 4.49. The van der Waals surface area contributed by atoms with Crippen molar-refractivity contribution in [1.82, 2.24) is 10.2 Å². The number of nitrogens with one attached hydrogen (secondary N) is 1. The maximum Gasteiger partial charge on any atom is 0.0615 e. The summed E-state index contributed by atoms with van der Waals surface area (Å²) < 4.78 is 5.18. The first kappa shape index (κ1) is 12.9. The Morgan fingerprint density at radius 1 is 1.33 bits per heavy atom. The van der Waals surface area contributed by atoms with E-state index in [0.29, 0.717) is 12.1 Å². The van der Waals surface area contributed by atoms with Crippen LogP contribution in [0.25, 0.3) is 0 Å². The first-order valence-corrected chi connectivity index (χ1v) is 6.24. The molecule has 15 heavy (non-hydrogen) atoms. The van der Waals surface area contributed by atoms with Gasteiger partial charge in [-0.25, -0.2) is 0 Å². The van der Waals surface area contributed by atoms with Crippen molar-refractivity contribution >= 4 is 0 Å². The molecule has 0 aromatic carbocycles. The highest BCUT2D eigenvalue weighted by atomic mass is 16.5. The molecule has 0 radical (unpaired) electrons. The van der Waals surface area contributed by atoms with Crippen molar-refractivity contribution in [2.24, 2.45) is 0 Å². The average molecular weight is 214 g/mol. The Kier molecular flexibility index (Phi) is 6.22. The highest BCUT2D eigenvalue weighted by molar-refractivity contribution is 4.76. The Balaban J connectivity index is 2.16. The molecule has 0 spiro atoms. The average Bonchev–Trinajstić information content (AvgIpc) is 2.77. The first-order chi connectivity index (χ1) is 7.27. The molecular weight excluding hydrogens is 188 g/mol. The maximum absolute atomic E-state index is 5.18. The number of rotatable bonds is 7. The summed E-state index contributed by atoms with van der Waals surface area (Å²) in [4.78, 5) is 2.58. The molecule has 1 aliphatic rings. The minimum atomic E-state index is 0.514. The van der Waals surface area contributed by atoms with Gasteiger partial charge in [-0.3, -0.25) is 4.90 Å². The molecule has 1 N–H and O–H groups in total. The molecule has 3 nitrogen and oxygen atoms in total. The Morgan fingerprint density at radius 2 is 2.00 bits per heavy atom. The van der Waals surface area contributed by atoms with E-state index in [2.05, 4.69) is 24.1 Å². The summed E-state index contributed by atoms with van der Waals surface area (Å²) >= 11 is 0. The third-order valence-electron chi connectivity index (χ3n) is 3.33. The second-order valence-corrected chi connectivity index (χ2v) is 4.56. The molecule has 0 amide bonds. The van der Waals surface area contributed by atoms with Crippen LogP contribution in [0.2, 0.25) is 0 Å². The Morgan fingerprint density at radius 3 is 2.53 bits per heavy atom. The minimum absolute atomic E-state index is 0.514. The fraction of sp³-hybridized carbons (Fsp3) is 1.00. The summed E-state index contributed by atoms with van der Waals surface area (Å²) in [6, 6.07) is 1.18. The normalized spacial score (nSPS) is 21.8. The SMILES string of the molecule is CCC(COC)NCC(C)N1CCCC1. The van der Waals surface area contributed by atoms with Crippen LogP contribution in [0.4, 0.5) is 0 Å². The van der Waals surface area contributed by atoms with Crippen LogP contribution in [0.1, 0.15) is 33.1 Å². The number of hydrogen-bond acceptors (Lipinski definition) is 3. The van der Waals surface area contributed by atoms with E-state index >= 15 is 0 Å². The van der Waals surface area contributed by atoms with E-state index in [0.717, 1.165) is 19.6 Å². The topological polar surface area (TPSA) is 24.5 Å². The molecule has 0 aliphatic carbocycles. The van der Waals surface area contributed by atoms with E-state index in [4.69, 9.17) is 4.74 Å². The van der Waals surface area contributed by atoms with Gasteiger partial charge in [-0.2, -0.15) is 0 Å². The van der Waals surface area contributed by atoms with Crippen molar-refractivity contribution in [2.75, 3.05) is 33.4 Å². The van der Waals surface area contributed by atoms with Gasteiger partial charge in [0.1, 0.15) is 0 Å². The molecule has 1 aliphatic heterocycles. The highest BCUT2D eigenvalue weighted by Gasteiger charge is 2.18. The lowest BCUT2D eigenvalue weighted by Gasteiger charge is -2.26. The Hall–Kier alpha value is -0.120. The van der Waals surface area contributed by atoms with Crippen LogP contribution in [0, 0.1) is 0 Å². The van der Waals surface area contributed by atoms with Crippen LogP contribution in [0.5, 0.6) is 0 Å². The largest absolute Gasteiger partial charge is 0.383 e. The summed E-state index contributed by atoms with van der Waals surface area (Å²) in [7, 11) is 1.77. The molecule has 0 saturated carbocycles. The molecule has 2 unspecified atom stereocenters. The predicted octanol–water partition coefficient (Wildman–Crippen LogP) is 1.49. The lowest BCUT2D eigenvalue weighted by Crippen LogP contribution is -2.43. The summed E-state index contributed by atoms with van der Waals surface area (Å²) in [6.07, 6.45) is 3.89. The lowest BCUT2D eigenvalue weighted by atomic mass is 10.2. The van der Waals surface area contributed by atoms with Gasteiger partial charge in [0.2, 0.25) is 0 Å². The summed E-state index contributed by atoms with van der Waals surface area (Å²) in [6.45, 7) is 8.99. The van der Waals surface area contributed by atoms with Crippen molar-refractivity contribution in [1.29, 1.82) is 0 Å². The van der Waals surface area contributed by atoms with Gasteiger partial charge in [0, 0.05) is 25.7 Å². The molecule has 0 bridgehead atoms. The van der Waals surface area contributed by atoms with Gasteiger partial charge in [0.25, 0.3) is 0 Å². The number of methoxy groups -OCH3 is 1. The van der Waals surface area contributed by atoms with Crippen molar-refractivity contribution < 1.29 is 4.74 Å². The third-order valence-corrected chi connectivity index (χ3v) is 3.33. The van der Waals surface area contributed by atoms with Gasteiger partial charge in [0.05, 0.1) is 6.61 Å². The van der Waals surface area contributed by atoms with Crippen LogP contribution in [0.15, 0.2) is 0 Å². The molecule has 0 aromatic heterocycles. The van der Waals surface area contributed by atoms with Crippen molar-refractivity contribution in [3.8, 4) is 0 Å². The van der Waals surface area contributed by atoms with Crippen molar-refractivity contribution in [2.45, 2.75) is 45.2 Å². The van der Waals surface area contributed by atoms with Gasteiger partial charge in [-0.1, -0.05) is 6.92 Å². The molecule has 2 atom stereocenters. The molecule has 3 heteroatoms. The highest BCUT2D eigenvalue weighted by Crippen LogP contribution is 2.10. The summed E-state index contributed by atoms with van der Waals surface area (Å²) in [5.41, 5.74) is 0. The lowest BCUT2D eigenvalue weighted by molar-refractivity contribution is 0.156. The maximum atomic E-state index is 5.18. The van der Waals surface area contributed by atoms with Crippen LogP contribution in [-0.2, 0) is 4.74 Å². The van der Waals surface area contributed by atoms with Crippen molar-refractivity contribution in [3.05, 3.63) is 0 Å². The van der Waals surface area contributed by atoms with Gasteiger partial charge in [-0.15, -0.1) is 0 Å². The monoisotopic (exact) mass is 214 g/mol. The number of nitrogens with zero attached hydrogens (tertiary/aromatic N) is 1. The standard InChI is InChI=1S/C12H26N2O/c1-4-12(10-15-3)13-9-11(2)14-7-5-6-8-14/h11-13H,4-10H2,1-3H3. The molecule has 1 saturated heterocycles. The van der Waals surface area contributed by atoms with E-state index in [1.165, 1.54) is 25.9 Å². The minimum Gasteiger partial charge on any atom is -0.383 e. The first-order valence-electron chi connectivity index (χ1n) is 6.24. The zero-order valence-corrected chi connectivity index (χ0v) is 10.5. The van der Waals surface area contributed by atoms with E-state index in [-0.39, 0.29) is 0 Å². The smallest absolute Gasteiger partial charge is 0.0615 e. The van der Waals surface area contributed by atoms with E-state index < -0.39 is 0 Å². The number of hydrogen-bond donors (Lipinski definition) is 1. The van der Waals surface area contributed by atoms with Gasteiger partial charge >= 0.3 is 0 Å². The van der Waals surface area contributed by atoms with Crippen molar-refractivity contribution in [3.63, 3.8) is 0 Å². The molecule has 1 heterocycles. The van der Waals surface area contributed by atoms with Gasteiger partial charge in [-0.05, 0) is 39.3 Å². The van der Waals surface area contributed by atoms with Crippen LogP contribution < -0.4 is 5.32 Å². The molecular formula is C12H26N2O. The zero-order chi connectivity index (χ0) is 11.1. The fourth-order valence-electron chi connectivity index (χ4n) is 2.17. The zero-order valence-electron chi connectivity index (χ0n) is 10.5. The molecule has 0 aromatic rings. The quantitative estimate of drug-likeness (QED) is 0.695. The van der Waals surface area contributed by atoms with Gasteiger partial charge in [0.15, 0.2) is 0 Å². The molecule has 90 valence electrons. The van der Waals surface area contributed by atoms with E-state index in [1.807, 2.05) is 0 Å². The Labute approximate surface area is 94.2 Å². The molecule has 1 rings (SSSR count). The van der Waals surface area contributed by atoms with Crippen LogP contribution in [-0.4, -0.2) is 50.3 Å². The fourth-order valence-corrected chi connectivity index (χ4v) is 2.17. The predicted molar refractivity (Wildman–Crippen MR) is 64.2 cm³/mol. The second-order valence-electron chi connectivity index (χ2n) is 4.56. The van der Waals surface area contributed by atoms with E-state index in [1.54, 1.807) is 7.11 Å². The number of ether oxygens (including phenoxy) is 1. The second kappa shape index (κ2) is 7.20. The summed E-state index contributed by atoms with van der Waals surface area (Å²) in [5.74, 6) is 0. The Bertz CT molecular complexity index is 158.